The highest BCUT2D eigenvalue weighted by Gasteiger charge is 2.53. The lowest BCUT2D eigenvalue weighted by atomic mass is 9.88. The lowest BCUT2D eigenvalue weighted by molar-refractivity contribution is -0.145. The molecule has 14 heavy (non-hydrogen) atoms. The zero-order valence-electron chi connectivity index (χ0n) is 8.62. The first-order valence-corrected chi connectivity index (χ1v) is 5.43. The van der Waals surface area contributed by atoms with Gasteiger partial charge >= 0.3 is 5.97 Å². The predicted molar refractivity (Wildman–Crippen MR) is 53.3 cm³/mol. The summed E-state index contributed by atoms with van der Waals surface area (Å²) in [5.74, 6) is -0.672. The van der Waals surface area contributed by atoms with E-state index in [1.165, 1.54) is 0 Å². The van der Waals surface area contributed by atoms with Gasteiger partial charge < -0.3 is 10.4 Å². The van der Waals surface area contributed by atoms with Crippen LogP contribution >= 0.6 is 0 Å². The van der Waals surface area contributed by atoms with Crippen LogP contribution in [0.2, 0.25) is 0 Å². The van der Waals surface area contributed by atoms with Crippen molar-refractivity contribution in [3.63, 3.8) is 0 Å². The molecule has 2 N–H and O–H groups in total. The summed E-state index contributed by atoms with van der Waals surface area (Å²) in [4.78, 5) is 13.7. The minimum atomic E-state index is -0.672. The number of rotatable bonds is 3. The first-order valence-electron chi connectivity index (χ1n) is 5.43. The molecule has 0 amide bonds. The number of carboxylic acid groups (broad SMARTS) is 1. The van der Waals surface area contributed by atoms with E-state index >= 15 is 0 Å². The van der Waals surface area contributed by atoms with Crippen molar-refractivity contribution < 1.29 is 9.90 Å². The van der Waals surface area contributed by atoms with Crippen molar-refractivity contribution in [2.75, 3.05) is 19.6 Å². The molecule has 80 valence electrons. The summed E-state index contributed by atoms with van der Waals surface area (Å²) in [5.41, 5.74) is -0.661. The number of carbonyl (C=O) groups is 1. The Labute approximate surface area is 84.3 Å². The Morgan fingerprint density at radius 2 is 2.43 bits per heavy atom. The van der Waals surface area contributed by atoms with Gasteiger partial charge in [0.25, 0.3) is 0 Å². The molecule has 2 fully saturated rings. The molecule has 0 aromatic rings. The number of hydrogen-bond donors (Lipinski definition) is 2. The minimum Gasteiger partial charge on any atom is -0.480 e. The maximum atomic E-state index is 11.4. The first-order chi connectivity index (χ1) is 6.70. The molecular formula is C10H18N2O2. The molecule has 2 aliphatic heterocycles. The van der Waals surface area contributed by atoms with E-state index in [4.69, 9.17) is 0 Å². The summed E-state index contributed by atoms with van der Waals surface area (Å²) >= 11 is 0. The maximum Gasteiger partial charge on any atom is 0.325 e. The van der Waals surface area contributed by atoms with Crippen molar-refractivity contribution in [1.29, 1.82) is 0 Å². The third kappa shape index (κ3) is 1.25. The maximum absolute atomic E-state index is 11.4. The predicted octanol–water partition coefficient (Wildman–Crippen LogP) is 0.287. The van der Waals surface area contributed by atoms with Crippen molar-refractivity contribution in [1.82, 2.24) is 10.2 Å². The molecule has 0 aromatic heterocycles. The largest absolute Gasteiger partial charge is 0.480 e. The first kappa shape index (κ1) is 9.93. The van der Waals surface area contributed by atoms with Crippen LogP contribution in [0.15, 0.2) is 0 Å². The molecule has 0 bridgehead atoms. The summed E-state index contributed by atoms with van der Waals surface area (Å²) in [6.07, 6.45) is 2.92. The van der Waals surface area contributed by atoms with Gasteiger partial charge in [0.1, 0.15) is 5.54 Å². The second kappa shape index (κ2) is 3.51. The number of nitrogens with zero attached hydrogens (tertiary/aromatic N) is 1. The normalized spacial score (nSPS) is 37.4. The summed E-state index contributed by atoms with van der Waals surface area (Å²) < 4.78 is 0. The van der Waals surface area contributed by atoms with Gasteiger partial charge in [0.15, 0.2) is 0 Å². The highest BCUT2D eigenvalue weighted by molar-refractivity contribution is 5.80. The van der Waals surface area contributed by atoms with Crippen LogP contribution in [0.4, 0.5) is 0 Å². The second-order valence-corrected chi connectivity index (χ2v) is 4.25. The fourth-order valence-corrected chi connectivity index (χ4v) is 2.99. The highest BCUT2D eigenvalue weighted by atomic mass is 16.4. The average molecular weight is 198 g/mol. The van der Waals surface area contributed by atoms with E-state index in [-0.39, 0.29) is 6.04 Å². The third-order valence-electron chi connectivity index (χ3n) is 3.60. The van der Waals surface area contributed by atoms with E-state index in [0.717, 1.165) is 38.9 Å². The van der Waals surface area contributed by atoms with Crippen molar-refractivity contribution in [2.45, 2.75) is 37.8 Å². The van der Waals surface area contributed by atoms with Crippen LogP contribution in [-0.4, -0.2) is 47.2 Å². The average Bonchev–Trinajstić information content (AvgIpc) is 2.68. The van der Waals surface area contributed by atoms with Crippen LogP contribution in [-0.2, 0) is 4.79 Å². The van der Waals surface area contributed by atoms with E-state index in [0.29, 0.717) is 0 Å². The van der Waals surface area contributed by atoms with Crippen molar-refractivity contribution >= 4 is 5.97 Å². The Kier molecular flexibility index (Phi) is 2.49. The molecule has 0 radical (unpaired) electrons. The standard InChI is InChI=1S/C10H18N2O2/c1-2-11-10(9(13)14)5-7-12-6-3-4-8(10)12/h8,11H,2-7H2,1H3,(H,13,14). The Hall–Kier alpha value is -0.610. The number of nitrogens with one attached hydrogen (secondary N) is 1. The van der Waals surface area contributed by atoms with E-state index < -0.39 is 11.5 Å². The van der Waals surface area contributed by atoms with Gasteiger partial charge in [-0.25, -0.2) is 0 Å². The molecule has 2 aliphatic rings. The highest BCUT2D eigenvalue weighted by Crippen LogP contribution is 2.36. The Bertz CT molecular complexity index is 240. The van der Waals surface area contributed by atoms with Crippen LogP contribution < -0.4 is 5.32 Å². The zero-order chi connectivity index (χ0) is 10.2. The molecule has 4 heteroatoms. The molecule has 2 rings (SSSR count). The summed E-state index contributed by atoms with van der Waals surface area (Å²) in [6, 6.07) is 0.222. The number of likely N-dealkylation sites (N-methyl/N-ethyl adjacent to an activating group) is 1. The number of fused-ring (bicyclic) bond motifs is 1. The van der Waals surface area contributed by atoms with Gasteiger partial charge in [-0.05, 0) is 32.4 Å². The SMILES string of the molecule is CCNC1(C(=O)O)CCN2CCCC21. The number of aliphatic carboxylic acids is 1. The van der Waals surface area contributed by atoms with Crippen LogP contribution in [0.1, 0.15) is 26.2 Å². The van der Waals surface area contributed by atoms with E-state index in [2.05, 4.69) is 10.2 Å². The molecule has 0 aromatic carbocycles. The molecule has 2 unspecified atom stereocenters. The topological polar surface area (TPSA) is 52.6 Å². The zero-order valence-corrected chi connectivity index (χ0v) is 8.62. The van der Waals surface area contributed by atoms with E-state index in [9.17, 15) is 9.90 Å². The van der Waals surface area contributed by atoms with Crippen LogP contribution in [0, 0.1) is 0 Å². The summed E-state index contributed by atoms with van der Waals surface area (Å²) in [7, 11) is 0. The molecule has 0 saturated carbocycles. The van der Waals surface area contributed by atoms with Crippen LogP contribution in [0.5, 0.6) is 0 Å². The fraction of sp³-hybridized carbons (Fsp3) is 0.900. The minimum absolute atomic E-state index is 0.222. The molecule has 4 nitrogen and oxygen atoms in total. The summed E-state index contributed by atoms with van der Waals surface area (Å²) in [6.45, 7) is 4.72. The Morgan fingerprint density at radius 1 is 1.64 bits per heavy atom. The molecular weight excluding hydrogens is 180 g/mol. The van der Waals surface area contributed by atoms with Crippen LogP contribution in [0.3, 0.4) is 0 Å². The third-order valence-corrected chi connectivity index (χ3v) is 3.60. The second-order valence-electron chi connectivity index (χ2n) is 4.25. The number of hydrogen-bond acceptors (Lipinski definition) is 3. The van der Waals surface area contributed by atoms with Gasteiger partial charge in [-0.15, -0.1) is 0 Å². The molecule has 2 heterocycles. The molecule has 0 spiro atoms. The molecule has 2 saturated heterocycles. The van der Waals surface area contributed by atoms with Crippen molar-refractivity contribution in [3.05, 3.63) is 0 Å². The molecule has 2 atom stereocenters. The van der Waals surface area contributed by atoms with E-state index in [1.807, 2.05) is 6.92 Å². The van der Waals surface area contributed by atoms with Gasteiger partial charge in [0.2, 0.25) is 0 Å². The Morgan fingerprint density at radius 3 is 3.07 bits per heavy atom. The van der Waals surface area contributed by atoms with Gasteiger partial charge in [-0.1, -0.05) is 6.92 Å². The van der Waals surface area contributed by atoms with Crippen molar-refractivity contribution in [2.24, 2.45) is 0 Å². The smallest absolute Gasteiger partial charge is 0.325 e. The van der Waals surface area contributed by atoms with Gasteiger partial charge in [-0.2, -0.15) is 0 Å². The van der Waals surface area contributed by atoms with Crippen molar-refractivity contribution in [3.8, 4) is 0 Å². The lowest BCUT2D eigenvalue weighted by Gasteiger charge is -2.31. The summed E-state index contributed by atoms with van der Waals surface area (Å²) in [5, 5.41) is 12.5. The monoisotopic (exact) mass is 198 g/mol. The van der Waals surface area contributed by atoms with E-state index in [1.54, 1.807) is 0 Å². The van der Waals surface area contributed by atoms with Gasteiger partial charge in [0.05, 0.1) is 0 Å². The number of carboxylic acids is 1. The van der Waals surface area contributed by atoms with Crippen LogP contribution in [0.25, 0.3) is 0 Å². The fourth-order valence-electron chi connectivity index (χ4n) is 2.99. The lowest BCUT2D eigenvalue weighted by Crippen LogP contribution is -2.58. The molecule has 0 aliphatic carbocycles. The van der Waals surface area contributed by atoms with Gasteiger partial charge in [-0.3, -0.25) is 9.69 Å². The van der Waals surface area contributed by atoms with Gasteiger partial charge in [0, 0.05) is 12.6 Å². The quantitative estimate of drug-likeness (QED) is 0.684. The Balaban J connectivity index is 2.22.